The Labute approximate surface area is 90.7 Å². The average Bonchev–Trinajstić information content (AvgIpc) is 2.18. The third kappa shape index (κ3) is 3.64. The second-order valence-corrected chi connectivity index (χ2v) is 3.90. The summed E-state index contributed by atoms with van der Waals surface area (Å²) in [5.41, 5.74) is 0.977. The molecular weight excluding hydrogens is 196 g/mol. The lowest BCUT2D eigenvalue weighted by atomic mass is 10.1. The Morgan fingerprint density at radius 3 is 3.00 bits per heavy atom. The van der Waals surface area contributed by atoms with Gasteiger partial charge in [0.2, 0.25) is 0 Å². The van der Waals surface area contributed by atoms with Crippen LogP contribution < -0.4 is 5.32 Å². The van der Waals surface area contributed by atoms with Crippen LogP contribution in [0.4, 0.5) is 0 Å². The van der Waals surface area contributed by atoms with E-state index in [1.165, 1.54) is 0 Å². The Morgan fingerprint density at radius 1 is 1.57 bits per heavy atom. The zero-order valence-corrected chi connectivity index (χ0v) is 9.51. The van der Waals surface area contributed by atoms with Gasteiger partial charge >= 0.3 is 0 Å². The van der Waals surface area contributed by atoms with E-state index in [1.54, 1.807) is 6.20 Å². The average molecular weight is 213 g/mol. The molecule has 1 aromatic rings. The van der Waals surface area contributed by atoms with Gasteiger partial charge in [0.05, 0.1) is 10.7 Å². The number of hydrogen-bond donors (Lipinski definition) is 1. The van der Waals surface area contributed by atoms with Crippen molar-refractivity contribution in [2.24, 2.45) is 0 Å². The van der Waals surface area contributed by atoms with Gasteiger partial charge in [-0.3, -0.25) is 4.98 Å². The minimum absolute atomic E-state index is 0.433. The number of rotatable bonds is 5. The first-order valence-corrected chi connectivity index (χ1v) is 5.44. The van der Waals surface area contributed by atoms with Crippen molar-refractivity contribution in [1.82, 2.24) is 10.3 Å². The van der Waals surface area contributed by atoms with Crippen LogP contribution in [0.15, 0.2) is 18.3 Å². The lowest BCUT2D eigenvalue weighted by Crippen LogP contribution is -2.29. The molecule has 0 radical (unpaired) electrons. The summed E-state index contributed by atoms with van der Waals surface area (Å²) in [4.78, 5) is 4.25. The normalized spacial score (nSPS) is 12.8. The summed E-state index contributed by atoms with van der Waals surface area (Å²) < 4.78 is 0. The molecule has 3 heteroatoms. The van der Waals surface area contributed by atoms with Gasteiger partial charge in [-0.15, -0.1) is 0 Å². The Balaban J connectivity index is 2.47. The molecule has 78 valence electrons. The van der Waals surface area contributed by atoms with Crippen molar-refractivity contribution in [3.8, 4) is 0 Å². The van der Waals surface area contributed by atoms with Crippen molar-refractivity contribution >= 4 is 11.6 Å². The SMILES string of the molecule is CCCNC(C)Cc1ncccc1Cl. The van der Waals surface area contributed by atoms with Crippen LogP contribution in [0.5, 0.6) is 0 Å². The summed E-state index contributed by atoms with van der Waals surface area (Å²) in [6.07, 6.45) is 3.83. The van der Waals surface area contributed by atoms with E-state index in [4.69, 9.17) is 11.6 Å². The standard InChI is InChI=1S/C11H17ClN2/c1-3-6-13-9(2)8-11-10(12)5-4-7-14-11/h4-5,7,9,13H,3,6,8H2,1-2H3. The number of halogens is 1. The van der Waals surface area contributed by atoms with E-state index in [-0.39, 0.29) is 0 Å². The van der Waals surface area contributed by atoms with Gasteiger partial charge in [0.15, 0.2) is 0 Å². The summed E-state index contributed by atoms with van der Waals surface area (Å²) in [5.74, 6) is 0. The number of aromatic nitrogens is 1. The minimum atomic E-state index is 0.433. The largest absolute Gasteiger partial charge is 0.314 e. The molecule has 1 atom stereocenters. The van der Waals surface area contributed by atoms with Crippen molar-refractivity contribution in [3.05, 3.63) is 29.0 Å². The monoisotopic (exact) mass is 212 g/mol. The molecule has 1 unspecified atom stereocenters. The van der Waals surface area contributed by atoms with Crippen LogP contribution in [0.25, 0.3) is 0 Å². The van der Waals surface area contributed by atoms with Gasteiger partial charge in [0, 0.05) is 18.7 Å². The molecule has 0 spiro atoms. The molecule has 0 saturated heterocycles. The van der Waals surface area contributed by atoms with E-state index in [2.05, 4.69) is 24.1 Å². The van der Waals surface area contributed by atoms with Crippen LogP contribution in [-0.4, -0.2) is 17.6 Å². The predicted octanol–water partition coefficient (Wildman–Crippen LogP) is 2.67. The maximum Gasteiger partial charge on any atom is 0.0622 e. The molecule has 1 N–H and O–H groups in total. The molecule has 14 heavy (non-hydrogen) atoms. The summed E-state index contributed by atoms with van der Waals surface area (Å²) in [6, 6.07) is 4.18. The van der Waals surface area contributed by atoms with Crippen LogP contribution in [-0.2, 0) is 6.42 Å². The maximum atomic E-state index is 6.01. The van der Waals surface area contributed by atoms with E-state index < -0.39 is 0 Å². The van der Waals surface area contributed by atoms with Gasteiger partial charge < -0.3 is 5.32 Å². The van der Waals surface area contributed by atoms with Crippen molar-refractivity contribution < 1.29 is 0 Å². The number of pyridine rings is 1. The van der Waals surface area contributed by atoms with Crippen LogP contribution in [0.1, 0.15) is 26.0 Å². The van der Waals surface area contributed by atoms with Crippen LogP contribution in [0.3, 0.4) is 0 Å². The molecule has 0 saturated carbocycles. The molecule has 0 aliphatic heterocycles. The molecule has 0 bridgehead atoms. The summed E-state index contributed by atoms with van der Waals surface area (Å²) in [7, 11) is 0. The molecule has 1 heterocycles. The fourth-order valence-electron chi connectivity index (χ4n) is 1.32. The number of nitrogens with zero attached hydrogens (tertiary/aromatic N) is 1. The number of hydrogen-bond acceptors (Lipinski definition) is 2. The van der Waals surface area contributed by atoms with Crippen LogP contribution >= 0.6 is 11.6 Å². The van der Waals surface area contributed by atoms with Gasteiger partial charge in [-0.1, -0.05) is 18.5 Å². The van der Waals surface area contributed by atoms with Gasteiger partial charge in [-0.2, -0.15) is 0 Å². The Kier molecular flexibility index (Phi) is 4.91. The van der Waals surface area contributed by atoms with Gasteiger partial charge in [-0.05, 0) is 32.0 Å². The molecule has 0 fully saturated rings. The highest BCUT2D eigenvalue weighted by molar-refractivity contribution is 6.31. The quantitative estimate of drug-likeness (QED) is 0.812. The van der Waals surface area contributed by atoms with E-state index in [9.17, 15) is 0 Å². The Morgan fingerprint density at radius 2 is 2.36 bits per heavy atom. The lowest BCUT2D eigenvalue weighted by molar-refractivity contribution is 0.539. The Bertz CT molecular complexity index is 276. The minimum Gasteiger partial charge on any atom is -0.314 e. The lowest BCUT2D eigenvalue weighted by Gasteiger charge is -2.12. The van der Waals surface area contributed by atoms with Crippen molar-refractivity contribution in [3.63, 3.8) is 0 Å². The fourth-order valence-corrected chi connectivity index (χ4v) is 1.52. The smallest absolute Gasteiger partial charge is 0.0622 e. The number of nitrogens with one attached hydrogen (secondary N) is 1. The van der Waals surface area contributed by atoms with Crippen molar-refractivity contribution in [2.75, 3.05) is 6.54 Å². The van der Waals surface area contributed by atoms with Crippen LogP contribution in [0, 0.1) is 0 Å². The third-order valence-electron chi connectivity index (χ3n) is 2.08. The molecule has 2 nitrogen and oxygen atoms in total. The Hall–Kier alpha value is -0.600. The van der Waals surface area contributed by atoms with E-state index in [0.717, 1.165) is 30.1 Å². The van der Waals surface area contributed by atoms with Crippen molar-refractivity contribution in [2.45, 2.75) is 32.7 Å². The van der Waals surface area contributed by atoms with Crippen LogP contribution in [0.2, 0.25) is 5.02 Å². The molecular formula is C11H17ClN2. The van der Waals surface area contributed by atoms with Gasteiger partial charge in [0.25, 0.3) is 0 Å². The molecule has 0 aliphatic rings. The maximum absolute atomic E-state index is 6.01. The second kappa shape index (κ2) is 5.99. The predicted molar refractivity (Wildman–Crippen MR) is 60.7 cm³/mol. The van der Waals surface area contributed by atoms with Gasteiger partial charge in [-0.25, -0.2) is 0 Å². The van der Waals surface area contributed by atoms with E-state index in [1.807, 2.05) is 12.1 Å². The molecule has 0 amide bonds. The highest BCUT2D eigenvalue weighted by atomic mass is 35.5. The van der Waals surface area contributed by atoms with E-state index in [0.29, 0.717) is 6.04 Å². The van der Waals surface area contributed by atoms with Crippen molar-refractivity contribution in [1.29, 1.82) is 0 Å². The third-order valence-corrected chi connectivity index (χ3v) is 2.42. The zero-order valence-electron chi connectivity index (χ0n) is 8.76. The summed E-state index contributed by atoms with van der Waals surface area (Å²) >= 11 is 6.01. The van der Waals surface area contributed by atoms with Gasteiger partial charge in [0.1, 0.15) is 0 Å². The topological polar surface area (TPSA) is 24.9 Å². The second-order valence-electron chi connectivity index (χ2n) is 3.49. The first-order chi connectivity index (χ1) is 6.74. The highest BCUT2D eigenvalue weighted by Crippen LogP contribution is 2.13. The van der Waals surface area contributed by atoms with E-state index >= 15 is 0 Å². The molecule has 0 aromatic carbocycles. The first kappa shape index (κ1) is 11.5. The zero-order chi connectivity index (χ0) is 10.4. The summed E-state index contributed by atoms with van der Waals surface area (Å²) in [6.45, 7) is 5.36. The molecule has 1 rings (SSSR count). The molecule has 1 aromatic heterocycles. The highest BCUT2D eigenvalue weighted by Gasteiger charge is 2.06. The molecule has 0 aliphatic carbocycles. The first-order valence-electron chi connectivity index (χ1n) is 5.06. The fraction of sp³-hybridized carbons (Fsp3) is 0.545. The summed E-state index contributed by atoms with van der Waals surface area (Å²) in [5, 5.41) is 4.17.